The van der Waals surface area contributed by atoms with Crippen LogP contribution < -0.4 is 10.6 Å². The van der Waals surface area contributed by atoms with Crippen LogP contribution in [0.5, 0.6) is 0 Å². The molecule has 0 bridgehead atoms. The largest absolute Gasteiger partial charge is 0.480 e. The lowest BCUT2D eigenvalue weighted by Gasteiger charge is -2.33. The zero-order valence-electron chi connectivity index (χ0n) is 35.7. The summed E-state index contributed by atoms with van der Waals surface area (Å²) in [7, 11) is 3.77. The third-order valence-electron chi connectivity index (χ3n) is 11.5. The zero-order chi connectivity index (χ0) is 41.7. The van der Waals surface area contributed by atoms with Crippen LogP contribution in [0.25, 0.3) is 0 Å². The van der Waals surface area contributed by atoms with Crippen molar-refractivity contribution in [1.82, 2.24) is 29.6 Å². The van der Waals surface area contributed by atoms with E-state index in [-0.39, 0.29) is 36.2 Å². The summed E-state index contributed by atoms with van der Waals surface area (Å²) in [5, 5.41) is 15.6. The van der Waals surface area contributed by atoms with Gasteiger partial charge in [-0.25, -0.2) is 9.97 Å². The van der Waals surface area contributed by atoms with E-state index in [0.717, 1.165) is 133 Å². The average Bonchev–Trinajstić information content (AvgIpc) is 3.20. The Hall–Kier alpha value is -4.30. The first-order valence-electron chi connectivity index (χ1n) is 21.6. The Balaban J connectivity index is 0.000000223. The zero-order valence-corrected chi connectivity index (χ0v) is 35.7. The van der Waals surface area contributed by atoms with Crippen LogP contribution >= 0.6 is 0 Å². The van der Waals surface area contributed by atoms with Gasteiger partial charge in [0.05, 0.1) is 13.1 Å². The Morgan fingerprint density at radius 1 is 0.724 bits per heavy atom. The number of hydrogen-bond acceptors (Lipinski definition) is 11. The monoisotopic (exact) mass is 805 g/mol. The minimum absolute atomic E-state index is 0.0196. The molecule has 14 nitrogen and oxygen atoms in total. The van der Waals surface area contributed by atoms with Gasteiger partial charge in [0.25, 0.3) is 0 Å². The van der Waals surface area contributed by atoms with Gasteiger partial charge < -0.3 is 30.3 Å². The fourth-order valence-electron chi connectivity index (χ4n) is 8.28. The van der Waals surface area contributed by atoms with Gasteiger partial charge in [-0.05, 0) is 147 Å². The van der Waals surface area contributed by atoms with E-state index in [1.54, 1.807) is 0 Å². The topological polar surface area (TPSA) is 161 Å². The first kappa shape index (κ1) is 44.8. The molecule has 2 saturated heterocycles. The number of piperidine rings is 2. The van der Waals surface area contributed by atoms with Gasteiger partial charge in [0.15, 0.2) is 0 Å². The quantitative estimate of drug-likeness (QED) is 0.230. The minimum atomic E-state index is -0.803. The van der Waals surface area contributed by atoms with E-state index in [1.165, 1.54) is 17.5 Å². The number of aliphatic carboxylic acids is 1. The highest BCUT2D eigenvalue weighted by Crippen LogP contribution is 2.24. The molecule has 6 heterocycles. The number of carboxylic acids is 1. The van der Waals surface area contributed by atoms with Gasteiger partial charge in [-0.2, -0.15) is 0 Å². The van der Waals surface area contributed by atoms with Crippen molar-refractivity contribution in [3.8, 4) is 0 Å². The number of aryl methyl sites for hydroxylation is 4. The van der Waals surface area contributed by atoms with Gasteiger partial charge in [-0.1, -0.05) is 12.1 Å². The molecule has 4 aliphatic rings. The van der Waals surface area contributed by atoms with E-state index in [1.807, 2.05) is 49.6 Å². The first-order chi connectivity index (χ1) is 27.7. The number of hydrogen-bond donors (Lipinski definition) is 3. The molecule has 6 rings (SSSR count). The highest BCUT2D eigenvalue weighted by Gasteiger charge is 2.30. The predicted octanol–water partition coefficient (Wildman–Crippen LogP) is 4.51. The Bertz CT molecular complexity index is 1680. The van der Waals surface area contributed by atoms with Crippen molar-refractivity contribution >= 4 is 35.4 Å². The maximum Gasteiger partial charge on any atom is 0.320 e. The lowest BCUT2D eigenvalue weighted by Crippen LogP contribution is -2.44. The molecule has 2 amide bonds. The van der Waals surface area contributed by atoms with Gasteiger partial charge in [0.2, 0.25) is 11.8 Å². The molecule has 2 fully saturated rings. The summed E-state index contributed by atoms with van der Waals surface area (Å²) >= 11 is 0. The fourth-order valence-corrected chi connectivity index (χ4v) is 8.28. The van der Waals surface area contributed by atoms with E-state index in [4.69, 9.17) is 19.8 Å². The number of amides is 2. The van der Waals surface area contributed by atoms with Crippen LogP contribution in [-0.2, 0) is 49.6 Å². The van der Waals surface area contributed by atoms with E-state index in [2.05, 4.69) is 39.8 Å². The van der Waals surface area contributed by atoms with Crippen LogP contribution in [0, 0.1) is 11.8 Å². The van der Waals surface area contributed by atoms with Gasteiger partial charge in [-0.3, -0.25) is 29.0 Å². The number of aromatic nitrogens is 2. The van der Waals surface area contributed by atoms with Crippen molar-refractivity contribution in [3.63, 3.8) is 0 Å². The molecular weight excluding hydrogens is 737 g/mol. The second-order valence-corrected chi connectivity index (χ2v) is 17.5. The van der Waals surface area contributed by atoms with Crippen molar-refractivity contribution in [1.29, 1.82) is 0 Å². The van der Waals surface area contributed by atoms with E-state index in [0.29, 0.717) is 19.6 Å². The number of ether oxygens (including phenoxy) is 1. The lowest BCUT2D eigenvalue weighted by molar-refractivity contribution is -0.156. The molecule has 3 N–H and O–H groups in total. The SMILES string of the molecule is CN(CCCc1ccc2c(n1)NCCC2)C(=O)C1CCN(CC(=O)O)CC1.CN(CCCc1ccc2c(n1)NCCC2)C(=O)C1CCN(CC(=O)OC(C)(C)C)CC1. The van der Waals surface area contributed by atoms with E-state index in [9.17, 15) is 19.2 Å². The van der Waals surface area contributed by atoms with Gasteiger partial charge in [0.1, 0.15) is 17.2 Å². The number of carbonyl (C=O) groups excluding carboxylic acids is 3. The van der Waals surface area contributed by atoms with Crippen LogP contribution in [0.2, 0.25) is 0 Å². The standard InChI is InChI=1S/C24H38N4O3.C20H30N4O3/c1-24(2,3)31-21(29)17-28-15-11-19(12-16-28)23(30)27(4)14-6-8-20-10-9-18-7-5-13-25-22(18)26-20;1-23(20(27)16-8-12-24(13-9-16)14-18(25)26)11-3-5-17-7-6-15-4-2-10-21-19(15)22-17/h9-10,19H,5-8,11-17H2,1-4H3,(H,25,26);6-7,16H,2-5,8-14H2,1H3,(H,21,22)(H,25,26). The highest BCUT2D eigenvalue weighted by atomic mass is 16.6. The Labute approximate surface area is 345 Å². The number of carbonyl (C=O) groups is 4. The molecule has 0 spiro atoms. The van der Waals surface area contributed by atoms with Crippen molar-refractivity contribution in [2.24, 2.45) is 11.8 Å². The average molecular weight is 805 g/mol. The minimum Gasteiger partial charge on any atom is -0.480 e. The third-order valence-corrected chi connectivity index (χ3v) is 11.5. The lowest BCUT2D eigenvalue weighted by atomic mass is 9.95. The maximum atomic E-state index is 12.8. The number of nitrogens with one attached hydrogen (secondary N) is 2. The number of carboxylic acid groups (broad SMARTS) is 1. The summed E-state index contributed by atoms with van der Waals surface area (Å²) in [6, 6.07) is 8.58. The molecule has 0 saturated carbocycles. The molecule has 0 atom stereocenters. The number of anilines is 2. The normalized spacial score (nSPS) is 17.7. The molecule has 0 aromatic carbocycles. The highest BCUT2D eigenvalue weighted by molar-refractivity contribution is 5.79. The molecule has 58 heavy (non-hydrogen) atoms. The molecule has 0 radical (unpaired) electrons. The molecule has 2 aromatic rings. The second-order valence-electron chi connectivity index (χ2n) is 17.5. The number of fused-ring (bicyclic) bond motifs is 2. The van der Waals surface area contributed by atoms with Gasteiger partial charge in [-0.15, -0.1) is 0 Å². The third kappa shape index (κ3) is 14.2. The molecule has 2 aromatic heterocycles. The first-order valence-corrected chi connectivity index (χ1v) is 21.6. The molecule has 14 heteroatoms. The summed E-state index contributed by atoms with van der Waals surface area (Å²) in [5.41, 5.74) is 4.31. The van der Waals surface area contributed by atoms with Crippen molar-refractivity contribution in [2.45, 2.75) is 103 Å². The van der Waals surface area contributed by atoms with Crippen LogP contribution in [0.15, 0.2) is 24.3 Å². The van der Waals surface area contributed by atoms with Crippen molar-refractivity contribution in [2.75, 3.05) is 90.2 Å². The molecule has 0 unspecified atom stereocenters. The van der Waals surface area contributed by atoms with Crippen LogP contribution in [-0.4, -0.2) is 144 Å². The van der Waals surface area contributed by atoms with Crippen LogP contribution in [0.1, 0.15) is 94.7 Å². The predicted molar refractivity (Wildman–Crippen MR) is 226 cm³/mol. The van der Waals surface area contributed by atoms with Crippen LogP contribution in [0.3, 0.4) is 0 Å². The van der Waals surface area contributed by atoms with Crippen molar-refractivity contribution < 1.29 is 29.0 Å². The van der Waals surface area contributed by atoms with Crippen molar-refractivity contribution in [3.05, 3.63) is 46.8 Å². The fraction of sp³-hybridized carbons (Fsp3) is 0.682. The number of pyridine rings is 2. The van der Waals surface area contributed by atoms with Gasteiger partial charge in [0, 0.05) is 63.5 Å². The smallest absolute Gasteiger partial charge is 0.320 e. The number of rotatable bonds is 14. The van der Waals surface area contributed by atoms with E-state index >= 15 is 0 Å². The number of likely N-dealkylation sites (tertiary alicyclic amines) is 2. The Morgan fingerprint density at radius 3 is 1.57 bits per heavy atom. The van der Waals surface area contributed by atoms with Crippen LogP contribution in [0.4, 0.5) is 11.6 Å². The molecule has 0 aliphatic carbocycles. The molecule has 320 valence electrons. The van der Waals surface area contributed by atoms with Gasteiger partial charge >= 0.3 is 11.9 Å². The Morgan fingerprint density at radius 2 is 1.16 bits per heavy atom. The second kappa shape index (κ2) is 21.6. The maximum absolute atomic E-state index is 12.8. The Kier molecular flexibility index (Phi) is 16.7. The summed E-state index contributed by atoms with van der Waals surface area (Å²) in [5.74, 6) is 1.53. The van der Waals surface area contributed by atoms with E-state index < -0.39 is 11.6 Å². The summed E-state index contributed by atoms with van der Waals surface area (Å²) in [6.45, 7) is 12.3. The number of nitrogens with zero attached hydrogens (tertiary/aromatic N) is 6. The number of esters is 1. The summed E-state index contributed by atoms with van der Waals surface area (Å²) in [4.78, 5) is 65.4. The molecular formula is C44H68N8O6. The molecule has 4 aliphatic heterocycles. The summed E-state index contributed by atoms with van der Waals surface area (Å²) in [6.07, 6.45) is 11.2. The summed E-state index contributed by atoms with van der Waals surface area (Å²) < 4.78 is 5.40.